The van der Waals surface area contributed by atoms with Crippen molar-refractivity contribution in [3.05, 3.63) is 28.8 Å². The van der Waals surface area contributed by atoms with Gasteiger partial charge in [0.25, 0.3) is 0 Å². The maximum atomic E-state index is 8.92. The van der Waals surface area contributed by atoms with Crippen molar-refractivity contribution in [2.24, 2.45) is 5.41 Å². The second kappa shape index (κ2) is 3.75. The average Bonchev–Trinajstić information content (AvgIpc) is 2.95. The normalized spacial score (nSPS) is 16.9. The second-order valence-corrected chi connectivity index (χ2v) is 4.90. The summed E-state index contributed by atoms with van der Waals surface area (Å²) in [7, 11) is 0. The number of halogens is 1. The number of nitrogens with zero attached hydrogens (tertiary/aromatic N) is 1. The van der Waals surface area contributed by atoms with Crippen LogP contribution < -0.4 is 5.32 Å². The van der Waals surface area contributed by atoms with Crippen molar-refractivity contribution in [2.75, 3.05) is 11.9 Å². The molecule has 0 amide bonds. The number of nitrogens with one attached hydrogen (secondary N) is 1. The molecule has 0 atom stereocenters. The first-order valence-electron chi connectivity index (χ1n) is 5.06. The van der Waals surface area contributed by atoms with Crippen molar-refractivity contribution in [3.63, 3.8) is 0 Å². The molecule has 1 aliphatic carbocycles. The topological polar surface area (TPSA) is 35.8 Å². The fraction of sp³-hybridized carbons (Fsp3) is 0.417. The molecule has 1 N–H and O–H groups in total. The first kappa shape index (κ1) is 10.3. The number of anilines is 1. The Morgan fingerprint density at radius 3 is 2.87 bits per heavy atom. The number of hydrogen-bond donors (Lipinski definition) is 1. The van der Waals surface area contributed by atoms with Crippen LogP contribution in [0.1, 0.15) is 25.3 Å². The Kier molecular flexibility index (Phi) is 2.58. The molecular formula is C12H13ClN2. The van der Waals surface area contributed by atoms with Gasteiger partial charge in [0.1, 0.15) is 6.07 Å². The molecule has 0 unspecified atom stereocenters. The van der Waals surface area contributed by atoms with Crippen LogP contribution in [-0.4, -0.2) is 6.54 Å². The molecule has 0 aliphatic heterocycles. The maximum absolute atomic E-state index is 8.92. The van der Waals surface area contributed by atoms with Crippen LogP contribution in [0.3, 0.4) is 0 Å². The first-order valence-corrected chi connectivity index (χ1v) is 5.44. The molecule has 0 aromatic heterocycles. The van der Waals surface area contributed by atoms with E-state index >= 15 is 0 Å². The molecule has 1 fully saturated rings. The highest BCUT2D eigenvalue weighted by atomic mass is 35.5. The van der Waals surface area contributed by atoms with Gasteiger partial charge in [0.15, 0.2) is 0 Å². The number of benzene rings is 1. The van der Waals surface area contributed by atoms with Crippen molar-refractivity contribution in [3.8, 4) is 6.07 Å². The van der Waals surface area contributed by atoms with E-state index < -0.39 is 0 Å². The van der Waals surface area contributed by atoms with Gasteiger partial charge in [-0.2, -0.15) is 5.26 Å². The Morgan fingerprint density at radius 2 is 2.27 bits per heavy atom. The summed E-state index contributed by atoms with van der Waals surface area (Å²) in [5.41, 5.74) is 1.93. The Balaban J connectivity index is 2.12. The molecule has 1 aromatic carbocycles. The number of hydrogen-bond acceptors (Lipinski definition) is 2. The van der Waals surface area contributed by atoms with Crippen LogP contribution in [0.25, 0.3) is 0 Å². The highest BCUT2D eigenvalue weighted by Crippen LogP contribution is 2.44. The summed E-state index contributed by atoms with van der Waals surface area (Å²) in [4.78, 5) is 0. The third kappa shape index (κ3) is 2.43. The minimum absolute atomic E-state index is 0.426. The fourth-order valence-corrected chi connectivity index (χ4v) is 1.63. The van der Waals surface area contributed by atoms with E-state index in [0.717, 1.165) is 12.2 Å². The predicted octanol–water partition coefficient (Wildman–Crippen LogP) is 3.42. The molecule has 1 aromatic rings. The third-order valence-corrected chi connectivity index (χ3v) is 3.15. The van der Waals surface area contributed by atoms with Crippen molar-refractivity contribution in [2.45, 2.75) is 19.8 Å². The zero-order chi connectivity index (χ0) is 10.9. The quantitative estimate of drug-likeness (QED) is 0.847. The third-order valence-electron chi connectivity index (χ3n) is 2.91. The molecule has 3 heteroatoms. The molecule has 0 heterocycles. The lowest BCUT2D eigenvalue weighted by Gasteiger charge is -2.12. The molecule has 15 heavy (non-hydrogen) atoms. The summed E-state index contributed by atoms with van der Waals surface area (Å²) >= 11 is 5.89. The van der Waals surface area contributed by atoms with Crippen LogP contribution in [0, 0.1) is 16.7 Å². The van der Waals surface area contributed by atoms with Crippen LogP contribution in [-0.2, 0) is 0 Å². The van der Waals surface area contributed by atoms with E-state index in [4.69, 9.17) is 16.9 Å². The van der Waals surface area contributed by atoms with E-state index in [2.05, 4.69) is 18.3 Å². The molecule has 2 rings (SSSR count). The van der Waals surface area contributed by atoms with Crippen LogP contribution in [0.4, 0.5) is 5.69 Å². The van der Waals surface area contributed by atoms with Crippen LogP contribution in [0.15, 0.2) is 18.2 Å². The predicted molar refractivity (Wildman–Crippen MR) is 62.0 cm³/mol. The molecule has 78 valence electrons. The van der Waals surface area contributed by atoms with Gasteiger partial charge in [-0.1, -0.05) is 18.5 Å². The van der Waals surface area contributed by atoms with Gasteiger partial charge < -0.3 is 5.32 Å². The molecule has 1 saturated carbocycles. The SMILES string of the molecule is CC1(CNc2cc(Cl)ccc2C#N)CC1. The van der Waals surface area contributed by atoms with E-state index in [1.54, 1.807) is 12.1 Å². The Labute approximate surface area is 94.9 Å². The van der Waals surface area contributed by atoms with Gasteiger partial charge >= 0.3 is 0 Å². The smallest absolute Gasteiger partial charge is 0.101 e. The first-order chi connectivity index (χ1) is 7.13. The van der Waals surface area contributed by atoms with Crippen molar-refractivity contribution in [1.29, 1.82) is 5.26 Å². The van der Waals surface area contributed by atoms with E-state index in [0.29, 0.717) is 16.0 Å². The van der Waals surface area contributed by atoms with E-state index in [9.17, 15) is 0 Å². The van der Waals surface area contributed by atoms with Gasteiger partial charge in [-0.15, -0.1) is 0 Å². The molecular weight excluding hydrogens is 208 g/mol. The summed E-state index contributed by atoms with van der Waals surface area (Å²) in [6, 6.07) is 7.46. The van der Waals surface area contributed by atoms with E-state index in [-0.39, 0.29) is 0 Å². The molecule has 2 nitrogen and oxygen atoms in total. The van der Waals surface area contributed by atoms with Crippen molar-refractivity contribution in [1.82, 2.24) is 0 Å². The summed E-state index contributed by atoms with van der Waals surface area (Å²) < 4.78 is 0. The second-order valence-electron chi connectivity index (χ2n) is 4.47. The maximum Gasteiger partial charge on any atom is 0.101 e. The molecule has 0 spiro atoms. The highest BCUT2D eigenvalue weighted by molar-refractivity contribution is 6.30. The van der Waals surface area contributed by atoms with Gasteiger partial charge in [0.05, 0.1) is 11.3 Å². The Morgan fingerprint density at radius 1 is 1.53 bits per heavy atom. The molecule has 0 saturated heterocycles. The van der Waals surface area contributed by atoms with Crippen LogP contribution >= 0.6 is 11.6 Å². The fourth-order valence-electron chi connectivity index (χ4n) is 1.46. The van der Waals surface area contributed by atoms with E-state index in [1.807, 2.05) is 6.07 Å². The minimum Gasteiger partial charge on any atom is -0.383 e. The molecule has 0 bridgehead atoms. The van der Waals surface area contributed by atoms with Crippen molar-refractivity contribution >= 4 is 17.3 Å². The van der Waals surface area contributed by atoms with Crippen LogP contribution in [0.2, 0.25) is 5.02 Å². The van der Waals surface area contributed by atoms with Gasteiger partial charge in [-0.25, -0.2) is 0 Å². The van der Waals surface area contributed by atoms with Crippen LogP contribution in [0.5, 0.6) is 0 Å². The average molecular weight is 221 g/mol. The van der Waals surface area contributed by atoms with E-state index in [1.165, 1.54) is 12.8 Å². The molecule has 1 aliphatic rings. The summed E-state index contributed by atoms with van der Waals surface area (Å²) in [6.07, 6.45) is 2.53. The van der Waals surface area contributed by atoms with Gasteiger partial charge in [-0.05, 0) is 36.5 Å². The molecule has 0 radical (unpaired) electrons. The summed E-state index contributed by atoms with van der Waals surface area (Å²) in [6.45, 7) is 3.17. The lowest BCUT2D eigenvalue weighted by Crippen LogP contribution is -2.12. The lowest BCUT2D eigenvalue weighted by atomic mass is 10.1. The standard InChI is InChI=1S/C12H13ClN2/c1-12(4-5-12)8-15-11-6-10(13)3-2-9(11)7-14/h2-3,6,15H,4-5,8H2,1H3. The number of nitriles is 1. The minimum atomic E-state index is 0.426. The van der Waals surface area contributed by atoms with Gasteiger partial charge in [-0.3, -0.25) is 0 Å². The summed E-state index contributed by atoms with van der Waals surface area (Å²) in [5.74, 6) is 0. The Hall–Kier alpha value is -1.20. The van der Waals surface area contributed by atoms with Gasteiger partial charge in [0.2, 0.25) is 0 Å². The highest BCUT2D eigenvalue weighted by Gasteiger charge is 2.36. The lowest BCUT2D eigenvalue weighted by molar-refractivity contribution is 0.610. The Bertz CT molecular complexity index is 416. The monoisotopic (exact) mass is 220 g/mol. The van der Waals surface area contributed by atoms with Gasteiger partial charge in [0, 0.05) is 11.6 Å². The number of rotatable bonds is 3. The zero-order valence-electron chi connectivity index (χ0n) is 8.68. The summed E-state index contributed by atoms with van der Waals surface area (Å²) in [5, 5.41) is 12.9. The largest absolute Gasteiger partial charge is 0.383 e. The van der Waals surface area contributed by atoms with Crippen molar-refractivity contribution < 1.29 is 0 Å². The zero-order valence-corrected chi connectivity index (χ0v) is 9.43.